The van der Waals surface area contributed by atoms with Crippen molar-refractivity contribution in [1.29, 1.82) is 0 Å². The molecule has 0 aliphatic heterocycles. The van der Waals surface area contributed by atoms with Crippen LogP contribution in [-0.2, 0) is 4.79 Å². The maximum atomic E-state index is 11.4. The molecule has 3 N–H and O–H groups in total. The SMILES string of the molecule is NC(=O)C[C@@H](O)C(F)(F)F. The molecule has 3 nitrogen and oxygen atoms in total. The highest BCUT2D eigenvalue weighted by molar-refractivity contribution is 5.74. The van der Waals surface area contributed by atoms with Crippen LogP contribution in [0.5, 0.6) is 0 Å². The van der Waals surface area contributed by atoms with Crippen molar-refractivity contribution in [3.63, 3.8) is 0 Å². The van der Waals surface area contributed by atoms with Gasteiger partial charge in [0.1, 0.15) is 0 Å². The third-order valence-corrected chi connectivity index (χ3v) is 0.772. The summed E-state index contributed by atoms with van der Waals surface area (Å²) in [5.74, 6) is -1.18. The average Bonchev–Trinajstić information content (AvgIpc) is 1.60. The number of carbonyl (C=O) groups is 1. The molecule has 0 rings (SSSR count). The van der Waals surface area contributed by atoms with E-state index in [2.05, 4.69) is 5.73 Å². The zero-order valence-electron chi connectivity index (χ0n) is 4.85. The van der Waals surface area contributed by atoms with Gasteiger partial charge < -0.3 is 10.8 Å². The summed E-state index contributed by atoms with van der Waals surface area (Å²) in [6.07, 6.45) is -8.47. The van der Waals surface area contributed by atoms with Crippen LogP contribution in [0.2, 0.25) is 0 Å². The van der Waals surface area contributed by atoms with Crippen molar-refractivity contribution < 1.29 is 23.1 Å². The molecule has 0 aromatic carbocycles. The highest BCUT2D eigenvalue weighted by Crippen LogP contribution is 2.21. The van der Waals surface area contributed by atoms with Gasteiger partial charge in [-0.05, 0) is 0 Å². The van der Waals surface area contributed by atoms with Crippen LogP contribution in [0.1, 0.15) is 6.42 Å². The molecule has 1 amide bonds. The van der Waals surface area contributed by atoms with Crippen LogP contribution >= 0.6 is 0 Å². The number of nitrogens with two attached hydrogens (primary N) is 1. The summed E-state index contributed by atoms with van der Waals surface area (Å²) in [6, 6.07) is 0. The summed E-state index contributed by atoms with van der Waals surface area (Å²) in [5.41, 5.74) is 4.39. The summed E-state index contributed by atoms with van der Waals surface area (Å²) < 4.78 is 34.1. The topological polar surface area (TPSA) is 63.3 Å². The Morgan fingerprint density at radius 2 is 2.00 bits per heavy atom. The highest BCUT2D eigenvalue weighted by atomic mass is 19.4. The van der Waals surface area contributed by atoms with E-state index in [4.69, 9.17) is 5.11 Å². The molecule has 1 atom stereocenters. The monoisotopic (exact) mass is 157 g/mol. The molecule has 0 heterocycles. The number of rotatable bonds is 2. The molecule has 0 saturated heterocycles. The van der Waals surface area contributed by atoms with Crippen molar-refractivity contribution in [2.24, 2.45) is 5.73 Å². The van der Waals surface area contributed by atoms with Crippen molar-refractivity contribution in [3.05, 3.63) is 0 Å². The average molecular weight is 157 g/mol. The van der Waals surface area contributed by atoms with Gasteiger partial charge in [0.2, 0.25) is 5.91 Å². The first-order chi connectivity index (χ1) is 4.34. The van der Waals surface area contributed by atoms with E-state index in [-0.39, 0.29) is 0 Å². The number of amides is 1. The number of hydrogen-bond acceptors (Lipinski definition) is 2. The first-order valence-electron chi connectivity index (χ1n) is 2.37. The van der Waals surface area contributed by atoms with Gasteiger partial charge in [0.05, 0.1) is 6.42 Å². The van der Waals surface area contributed by atoms with Crippen LogP contribution in [0.25, 0.3) is 0 Å². The molecule has 0 spiro atoms. The van der Waals surface area contributed by atoms with Crippen LogP contribution in [-0.4, -0.2) is 23.3 Å². The fraction of sp³-hybridized carbons (Fsp3) is 0.750. The summed E-state index contributed by atoms with van der Waals surface area (Å²) in [6.45, 7) is 0. The molecule has 0 aliphatic carbocycles. The second-order valence-electron chi connectivity index (χ2n) is 1.73. The fourth-order valence-corrected chi connectivity index (χ4v) is 0.306. The van der Waals surface area contributed by atoms with E-state index in [0.29, 0.717) is 0 Å². The second kappa shape index (κ2) is 2.87. The normalized spacial score (nSPS) is 14.8. The van der Waals surface area contributed by atoms with Crippen molar-refractivity contribution in [3.8, 4) is 0 Å². The quantitative estimate of drug-likeness (QED) is 0.582. The largest absolute Gasteiger partial charge is 0.414 e. The van der Waals surface area contributed by atoms with Crippen molar-refractivity contribution in [1.82, 2.24) is 0 Å². The van der Waals surface area contributed by atoms with E-state index in [1.807, 2.05) is 0 Å². The molecule has 60 valence electrons. The molecule has 0 bridgehead atoms. The summed E-state index contributed by atoms with van der Waals surface area (Å²) in [4.78, 5) is 9.82. The predicted molar refractivity (Wildman–Crippen MR) is 25.9 cm³/mol. The Morgan fingerprint density at radius 1 is 1.60 bits per heavy atom. The van der Waals surface area contributed by atoms with E-state index in [9.17, 15) is 18.0 Å². The third-order valence-electron chi connectivity index (χ3n) is 0.772. The fourth-order valence-electron chi connectivity index (χ4n) is 0.306. The van der Waals surface area contributed by atoms with Crippen LogP contribution in [0.15, 0.2) is 0 Å². The summed E-state index contributed by atoms with van der Waals surface area (Å²) >= 11 is 0. The third kappa shape index (κ3) is 3.29. The van der Waals surface area contributed by atoms with Gasteiger partial charge in [0, 0.05) is 0 Å². The Kier molecular flexibility index (Phi) is 2.65. The zero-order chi connectivity index (χ0) is 8.36. The number of aliphatic hydroxyl groups is 1. The maximum absolute atomic E-state index is 11.4. The Morgan fingerprint density at radius 3 is 2.10 bits per heavy atom. The van der Waals surface area contributed by atoms with E-state index >= 15 is 0 Å². The number of primary amides is 1. The van der Waals surface area contributed by atoms with Gasteiger partial charge in [-0.2, -0.15) is 13.2 Å². The van der Waals surface area contributed by atoms with Crippen LogP contribution < -0.4 is 5.73 Å². The molecule has 0 fully saturated rings. The molecule has 0 radical (unpaired) electrons. The number of hydrogen-bond donors (Lipinski definition) is 2. The minimum atomic E-state index is -4.75. The van der Waals surface area contributed by atoms with E-state index in [1.54, 1.807) is 0 Å². The van der Waals surface area contributed by atoms with Crippen LogP contribution in [0.4, 0.5) is 13.2 Å². The lowest BCUT2D eigenvalue weighted by molar-refractivity contribution is -0.205. The van der Waals surface area contributed by atoms with Crippen LogP contribution in [0, 0.1) is 0 Å². The second-order valence-corrected chi connectivity index (χ2v) is 1.73. The van der Waals surface area contributed by atoms with Gasteiger partial charge in [-0.3, -0.25) is 4.79 Å². The molecular formula is C4H6F3NO2. The molecule has 0 aromatic heterocycles. The standard InChI is InChI=1S/C4H6F3NO2/c5-4(6,7)2(9)1-3(8)10/h2,9H,1H2,(H2,8,10)/t2-/m1/s1. The number of aliphatic hydroxyl groups excluding tert-OH is 1. The van der Waals surface area contributed by atoms with Crippen molar-refractivity contribution in [2.75, 3.05) is 0 Å². The van der Waals surface area contributed by atoms with Gasteiger partial charge in [-0.15, -0.1) is 0 Å². The smallest absolute Gasteiger partial charge is 0.383 e. The minimum Gasteiger partial charge on any atom is -0.383 e. The van der Waals surface area contributed by atoms with E-state index < -0.39 is 24.6 Å². The van der Waals surface area contributed by atoms with E-state index in [0.717, 1.165) is 0 Å². The van der Waals surface area contributed by atoms with Gasteiger partial charge in [0.15, 0.2) is 6.10 Å². The predicted octanol–water partition coefficient (Wildman–Crippen LogP) is -0.215. The Bertz CT molecular complexity index is 133. The molecule has 0 aromatic rings. The van der Waals surface area contributed by atoms with Gasteiger partial charge >= 0.3 is 6.18 Å². The van der Waals surface area contributed by atoms with Crippen molar-refractivity contribution >= 4 is 5.91 Å². The highest BCUT2D eigenvalue weighted by Gasteiger charge is 2.38. The lowest BCUT2D eigenvalue weighted by Gasteiger charge is -2.11. The first kappa shape index (κ1) is 9.22. The Hall–Kier alpha value is -0.780. The van der Waals surface area contributed by atoms with Crippen LogP contribution in [0.3, 0.4) is 0 Å². The molecule has 0 unspecified atom stereocenters. The maximum Gasteiger partial charge on any atom is 0.414 e. The van der Waals surface area contributed by atoms with Gasteiger partial charge in [0.25, 0.3) is 0 Å². The van der Waals surface area contributed by atoms with E-state index in [1.165, 1.54) is 0 Å². The van der Waals surface area contributed by atoms with Crippen molar-refractivity contribution in [2.45, 2.75) is 18.7 Å². The number of halogens is 3. The van der Waals surface area contributed by atoms with Gasteiger partial charge in [-0.25, -0.2) is 0 Å². The minimum absolute atomic E-state index is 1.08. The molecule has 0 aliphatic rings. The molecule has 6 heteroatoms. The molecular weight excluding hydrogens is 151 g/mol. The molecule has 10 heavy (non-hydrogen) atoms. The Labute approximate surface area is 54.6 Å². The Balaban J connectivity index is 3.85. The number of carbonyl (C=O) groups excluding carboxylic acids is 1. The lowest BCUT2D eigenvalue weighted by Crippen LogP contribution is -2.32. The lowest BCUT2D eigenvalue weighted by atomic mass is 10.2. The zero-order valence-corrected chi connectivity index (χ0v) is 4.85. The first-order valence-corrected chi connectivity index (χ1v) is 2.37. The summed E-state index contributed by atoms with van der Waals surface area (Å²) in [5, 5.41) is 8.13. The molecule has 0 saturated carbocycles. The van der Waals surface area contributed by atoms with Gasteiger partial charge in [-0.1, -0.05) is 0 Å². The number of alkyl halides is 3. The summed E-state index contributed by atoms with van der Waals surface area (Å²) in [7, 11) is 0.